The Morgan fingerprint density at radius 3 is 2.67 bits per heavy atom. The van der Waals surface area contributed by atoms with Crippen molar-refractivity contribution in [2.24, 2.45) is 0 Å². The van der Waals surface area contributed by atoms with Gasteiger partial charge in [0, 0.05) is 4.88 Å². The summed E-state index contributed by atoms with van der Waals surface area (Å²) in [6, 6.07) is 3.45. The van der Waals surface area contributed by atoms with Crippen LogP contribution < -0.4 is 5.32 Å². The summed E-state index contributed by atoms with van der Waals surface area (Å²) < 4.78 is 0. The van der Waals surface area contributed by atoms with Crippen molar-refractivity contribution >= 4 is 23.2 Å². The zero-order valence-corrected chi connectivity index (χ0v) is 8.87. The van der Waals surface area contributed by atoms with E-state index < -0.39 is 12.1 Å². The predicted octanol–water partition coefficient (Wildman–Crippen LogP) is 0.232. The Morgan fingerprint density at radius 1 is 1.53 bits per heavy atom. The number of nitrogens with one attached hydrogen (secondary N) is 1. The van der Waals surface area contributed by atoms with Gasteiger partial charge in [-0.05, 0) is 19.1 Å². The molecule has 3 N–H and O–H groups in total. The molecule has 0 saturated heterocycles. The van der Waals surface area contributed by atoms with Gasteiger partial charge in [0.1, 0.15) is 0 Å². The number of aliphatic hydroxyl groups is 1. The first-order chi connectivity index (χ1) is 7.00. The summed E-state index contributed by atoms with van der Waals surface area (Å²) in [5.41, 5.74) is 0. The average molecular weight is 229 g/mol. The minimum Gasteiger partial charge on any atom is -0.479 e. The summed E-state index contributed by atoms with van der Waals surface area (Å²) in [5.74, 6) is -1.72. The molecule has 1 rings (SSSR count). The van der Waals surface area contributed by atoms with Crippen LogP contribution in [-0.2, 0) is 4.79 Å². The van der Waals surface area contributed by atoms with Crippen molar-refractivity contribution in [1.82, 2.24) is 5.32 Å². The molecule has 0 fully saturated rings. The Bertz CT molecular complexity index is 374. The molecule has 0 aliphatic heterocycles. The van der Waals surface area contributed by atoms with E-state index in [4.69, 9.17) is 10.2 Å². The fourth-order valence-electron chi connectivity index (χ4n) is 0.920. The SMILES string of the molecule is Cc1ccc(C(=O)NCC(O)C(=O)O)s1. The standard InChI is InChI=1S/C9H11NO4S/c1-5-2-3-7(15-5)8(12)10-4-6(11)9(13)14/h2-3,6,11H,4H2,1H3,(H,10,12)(H,13,14). The lowest BCUT2D eigenvalue weighted by Crippen LogP contribution is -2.36. The second-order valence-electron chi connectivity index (χ2n) is 2.97. The Hall–Kier alpha value is -1.40. The number of thiophene rings is 1. The van der Waals surface area contributed by atoms with Crippen molar-refractivity contribution in [2.75, 3.05) is 6.54 Å². The fourth-order valence-corrected chi connectivity index (χ4v) is 1.70. The van der Waals surface area contributed by atoms with E-state index in [1.165, 1.54) is 11.3 Å². The van der Waals surface area contributed by atoms with Gasteiger partial charge in [-0.15, -0.1) is 11.3 Å². The number of carboxylic acid groups (broad SMARTS) is 1. The maximum atomic E-state index is 11.4. The molecule has 0 spiro atoms. The molecule has 82 valence electrons. The van der Waals surface area contributed by atoms with Crippen LogP contribution in [0.3, 0.4) is 0 Å². The minimum absolute atomic E-state index is 0.287. The first kappa shape index (κ1) is 11.7. The van der Waals surface area contributed by atoms with Gasteiger partial charge in [0.05, 0.1) is 11.4 Å². The highest BCUT2D eigenvalue weighted by atomic mass is 32.1. The summed E-state index contributed by atoms with van der Waals surface area (Å²) in [5, 5.41) is 19.6. The lowest BCUT2D eigenvalue weighted by molar-refractivity contribution is -0.146. The summed E-state index contributed by atoms with van der Waals surface area (Å²) in [6.45, 7) is 1.58. The van der Waals surface area contributed by atoms with Crippen molar-refractivity contribution in [2.45, 2.75) is 13.0 Å². The molecule has 0 bridgehead atoms. The highest BCUT2D eigenvalue weighted by Gasteiger charge is 2.15. The first-order valence-electron chi connectivity index (χ1n) is 4.26. The topological polar surface area (TPSA) is 86.6 Å². The molecule has 0 saturated carbocycles. The molecule has 0 aliphatic rings. The number of carbonyl (C=O) groups excluding carboxylic acids is 1. The van der Waals surface area contributed by atoms with Crippen LogP contribution in [0.5, 0.6) is 0 Å². The quantitative estimate of drug-likeness (QED) is 0.690. The van der Waals surface area contributed by atoms with E-state index in [2.05, 4.69) is 5.32 Å². The molecular formula is C9H11NO4S. The zero-order valence-electron chi connectivity index (χ0n) is 8.06. The molecule has 0 aliphatic carbocycles. The first-order valence-corrected chi connectivity index (χ1v) is 5.08. The Balaban J connectivity index is 2.47. The zero-order chi connectivity index (χ0) is 11.4. The van der Waals surface area contributed by atoms with Gasteiger partial charge in [-0.3, -0.25) is 4.79 Å². The molecule has 15 heavy (non-hydrogen) atoms. The Morgan fingerprint density at radius 2 is 2.20 bits per heavy atom. The third kappa shape index (κ3) is 3.34. The van der Waals surface area contributed by atoms with Crippen molar-refractivity contribution in [3.63, 3.8) is 0 Å². The largest absolute Gasteiger partial charge is 0.479 e. The highest BCUT2D eigenvalue weighted by Crippen LogP contribution is 2.14. The molecule has 5 nitrogen and oxygen atoms in total. The molecule has 1 heterocycles. The van der Waals surface area contributed by atoms with Gasteiger partial charge >= 0.3 is 5.97 Å². The molecule has 1 atom stereocenters. The van der Waals surface area contributed by atoms with Gasteiger partial charge in [0.25, 0.3) is 5.91 Å². The van der Waals surface area contributed by atoms with Gasteiger partial charge in [-0.2, -0.15) is 0 Å². The predicted molar refractivity (Wildman–Crippen MR) is 55.0 cm³/mol. The number of hydrogen-bond acceptors (Lipinski definition) is 4. The number of carbonyl (C=O) groups is 2. The van der Waals surface area contributed by atoms with Crippen LogP contribution >= 0.6 is 11.3 Å². The molecular weight excluding hydrogens is 218 g/mol. The number of aliphatic carboxylic acids is 1. The third-order valence-corrected chi connectivity index (χ3v) is 2.70. The van der Waals surface area contributed by atoms with Crippen LogP contribution in [0.25, 0.3) is 0 Å². The number of carboxylic acids is 1. The lowest BCUT2D eigenvalue weighted by Gasteiger charge is -2.06. The van der Waals surface area contributed by atoms with Crippen molar-refractivity contribution in [3.8, 4) is 0 Å². The Kier molecular flexibility index (Phi) is 3.81. The van der Waals surface area contributed by atoms with E-state index >= 15 is 0 Å². The Labute approximate surface area is 90.4 Å². The summed E-state index contributed by atoms with van der Waals surface area (Å²) in [7, 11) is 0. The molecule has 1 aromatic heterocycles. The van der Waals surface area contributed by atoms with E-state index in [1.807, 2.05) is 6.92 Å². The maximum Gasteiger partial charge on any atom is 0.334 e. The van der Waals surface area contributed by atoms with E-state index in [0.717, 1.165) is 4.88 Å². The minimum atomic E-state index is -1.56. The normalized spacial score (nSPS) is 12.1. The molecule has 0 radical (unpaired) electrons. The molecule has 1 amide bonds. The van der Waals surface area contributed by atoms with Crippen LogP contribution in [-0.4, -0.2) is 34.7 Å². The smallest absolute Gasteiger partial charge is 0.334 e. The van der Waals surface area contributed by atoms with Crippen LogP contribution in [0, 0.1) is 6.92 Å². The van der Waals surface area contributed by atoms with Crippen LogP contribution in [0.1, 0.15) is 14.5 Å². The summed E-state index contributed by atoms with van der Waals surface area (Å²) in [4.78, 5) is 23.1. The lowest BCUT2D eigenvalue weighted by atomic mass is 10.3. The summed E-state index contributed by atoms with van der Waals surface area (Å²) in [6.07, 6.45) is -1.56. The van der Waals surface area contributed by atoms with Gasteiger partial charge in [0.15, 0.2) is 6.10 Å². The van der Waals surface area contributed by atoms with E-state index in [9.17, 15) is 9.59 Å². The van der Waals surface area contributed by atoms with Crippen molar-refractivity contribution in [1.29, 1.82) is 0 Å². The number of rotatable bonds is 4. The molecule has 1 aromatic rings. The van der Waals surface area contributed by atoms with Gasteiger partial charge < -0.3 is 15.5 Å². The fraction of sp³-hybridized carbons (Fsp3) is 0.333. The van der Waals surface area contributed by atoms with Crippen molar-refractivity contribution < 1.29 is 19.8 Å². The van der Waals surface area contributed by atoms with Gasteiger partial charge in [-0.1, -0.05) is 0 Å². The monoisotopic (exact) mass is 229 g/mol. The van der Waals surface area contributed by atoms with E-state index in [1.54, 1.807) is 12.1 Å². The number of amides is 1. The average Bonchev–Trinajstić information content (AvgIpc) is 2.60. The highest BCUT2D eigenvalue weighted by molar-refractivity contribution is 7.13. The molecule has 0 aromatic carbocycles. The van der Waals surface area contributed by atoms with Crippen molar-refractivity contribution in [3.05, 3.63) is 21.9 Å². The van der Waals surface area contributed by atoms with Gasteiger partial charge in [0.2, 0.25) is 0 Å². The van der Waals surface area contributed by atoms with E-state index in [-0.39, 0.29) is 12.5 Å². The molecule has 1 unspecified atom stereocenters. The second kappa shape index (κ2) is 4.90. The third-order valence-electron chi connectivity index (χ3n) is 1.71. The second-order valence-corrected chi connectivity index (χ2v) is 4.26. The van der Waals surface area contributed by atoms with Crippen LogP contribution in [0.4, 0.5) is 0 Å². The summed E-state index contributed by atoms with van der Waals surface area (Å²) >= 11 is 1.31. The number of aryl methyl sites for hydroxylation is 1. The number of hydrogen-bond donors (Lipinski definition) is 3. The number of aliphatic hydroxyl groups excluding tert-OH is 1. The van der Waals surface area contributed by atoms with Crippen LogP contribution in [0.15, 0.2) is 12.1 Å². The van der Waals surface area contributed by atoms with E-state index in [0.29, 0.717) is 4.88 Å². The van der Waals surface area contributed by atoms with Crippen LogP contribution in [0.2, 0.25) is 0 Å². The maximum absolute atomic E-state index is 11.4. The van der Waals surface area contributed by atoms with Gasteiger partial charge in [-0.25, -0.2) is 4.79 Å². The molecule has 6 heteroatoms.